The smallest absolute Gasteiger partial charge is 0.348 e. The molecule has 3 aromatic rings. The van der Waals surface area contributed by atoms with Crippen molar-refractivity contribution < 1.29 is 17.9 Å². The van der Waals surface area contributed by atoms with Crippen molar-refractivity contribution in [2.75, 3.05) is 18.1 Å². The molecule has 1 aliphatic rings. The van der Waals surface area contributed by atoms with Gasteiger partial charge < -0.3 is 4.74 Å². The van der Waals surface area contributed by atoms with Gasteiger partial charge in [-0.2, -0.15) is 0 Å². The fourth-order valence-corrected chi connectivity index (χ4v) is 4.51. The van der Waals surface area contributed by atoms with E-state index in [9.17, 15) is 13.2 Å². The Hall–Kier alpha value is -2.86. The van der Waals surface area contributed by atoms with Crippen LogP contribution in [0.2, 0.25) is 0 Å². The SMILES string of the molecule is O=C1N(CCCOc2ccc3ccccc3c2)c2ccccc2S1(=O)=O. The van der Waals surface area contributed by atoms with Gasteiger partial charge in [-0.25, -0.2) is 8.42 Å². The molecular formula is C20H17NO4S. The van der Waals surface area contributed by atoms with Gasteiger partial charge in [-0.05, 0) is 41.5 Å². The molecule has 0 atom stereocenters. The molecule has 1 amide bonds. The van der Waals surface area contributed by atoms with Crippen LogP contribution in [0.3, 0.4) is 0 Å². The van der Waals surface area contributed by atoms with Crippen molar-refractivity contribution in [1.82, 2.24) is 0 Å². The molecule has 0 N–H and O–H groups in total. The number of rotatable bonds is 5. The lowest BCUT2D eigenvalue weighted by Gasteiger charge is -2.15. The number of carbonyl (C=O) groups excluding carboxylic acids is 1. The summed E-state index contributed by atoms with van der Waals surface area (Å²) in [4.78, 5) is 13.6. The Labute approximate surface area is 151 Å². The maximum absolute atomic E-state index is 12.2. The van der Waals surface area contributed by atoms with Crippen molar-refractivity contribution in [2.45, 2.75) is 11.3 Å². The lowest BCUT2D eigenvalue weighted by Crippen LogP contribution is -2.30. The Morgan fingerprint density at radius 3 is 2.46 bits per heavy atom. The number of benzene rings is 3. The van der Waals surface area contributed by atoms with Gasteiger partial charge in [-0.3, -0.25) is 9.69 Å². The number of para-hydroxylation sites is 1. The molecule has 0 bridgehead atoms. The van der Waals surface area contributed by atoms with E-state index in [1.54, 1.807) is 18.2 Å². The van der Waals surface area contributed by atoms with Crippen molar-refractivity contribution in [3.8, 4) is 5.75 Å². The number of nitrogens with zero attached hydrogens (tertiary/aromatic N) is 1. The number of amides is 1. The second kappa shape index (κ2) is 6.46. The Balaban J connectivity index is 1.41. The van der Waals surface area contributed by atoms with Crippen LogP contribution in [0.5, 0.6) is 5.75 Å². The first kappa shape index (κ1) is 16.6. The van der Waals surface area contributed by atoms with E-state index in [4.69, 9.17) is 4.74 Å². The molecule has 1 heterocycles. The summed E-state index contributed by atoms with van der Waals surface area (Å²) >= 11 is 0. The van der Waals surface area contributed by atoms with Gasteiger partial charge in [-0.15, -0.1) is 0 Å². The topological polar surface area (TPSA) is 63.7 Å². The number of ether oxygens (including phenoxy) is 1. The molecule has 0 aliphatic carbocycles. The second-order valence-electron chi connectivity index (χ2n) is 6.10. The van der Waals surface area contributed by atoms with Crippen molar-refractivity contribution >= 4 is 31.5 Å². The maximum atomic E-state index is 12.2. The Bertz CT molecular complexity index is 1090. The van der Waals surface area contributed by atoms with Gasteiger partial charge in [-0.1, -0.05) is 42.5 Å². The van der Waals surface area contributed by atoms with Crippen LogP contribution in [0.4, 0.5) is 10.5 Å². The molecule has 0 saturated heterocycles. The summed E-state index contributed by atoms with van der Waals surface area (Å²) in [5.74, 6) is 0.754. The standard InChI is InChI=1S/C20H17NO4S/c22-20-21(18-8-3-4-9-19(18)26(20,23)24)12-5-13-25-17-11-10-15-6-1-2-7-16(15)14-17/h1-4,6-11,14H,5,12-13H2. The molecular weight excluding hydrogens is 350 g/mol. The molecule has 132 valence electrons. The van der Waals surface area contributed by atoms with Crippen molar-refractivity contribution in [1.29, 1.82) is 0 Å². The van der Waals surface area contributed by atoms with Gasteiger partial charge >= 0.3 is 5.24 Å². The second-order valence-corrected chi connectivity index (χ2v) is 7.90. The molecule has 26 heavy (non-hydrogen) atoms. The van der Waals surface area contributed by atoms with E-state index in [1.807, 2.05) is 42.5 Å². The van der Waals surface area contributed by atoms with Gasteiger partial charge in [0.2, 0.25) is 0 Å². The van der Waals surface area contributed by atoms with Crippen molar-refractivity contribution in [3.05, 3.63) is 66.7 Å². The lowest BCUT2D eigenvalue weighted by atomic mass is 10.1. The first-order valence-electron chi connectivity index (χ1n) is 8.34. The third kappa shape index (κ3) is 2.82. The predicted octanol–water partition coefficient (Wildman–Crippen LogP) is 4.02. The average molecular weight is 367 g/mol. The number of carbonyl (C=O) groups is 1. The average Bonchev–Trinajstić information content (AvgIpc) is 2.86. The van der Waals surface area contributed by atoms with Crippen LogP contribution < -0.4 is 9.64 Å². The summed E-state index contributed by atoms with van der Waals surface area (Å²) in [7, 11) is -3.90. The first-order valence-corrected chi connectivity index (χ1v) is 9.83. The van der Waals surface area contributed by atoms with E-state index in [1.165, 1.54) is 11.0 Å². The molecule has 0 spiro atoms. The van der Waals surface area contributed by atoms with Gasteiger partial charge in [0.05, 0.1) is 12.3 Å². The van der Waals surface area contributed by atoms with E-state index < -0.39 is 15.1 Å². The molecule has 4 rings (SSSR count). The van der Waals surface area contributed by atoms with Crippen LogP contribution in [0, 0.1) is 0 Å². The Kier molecular flexibility index (Phi) is 4.12. The van der Waals surface area contributed by atoms with Gasteiger partial charge in [0.15, 0.2) is 0 Å². The largest absolute Gasteiger partial charge is 0.494 e. The lowest BCUT2D eigenvalue weighted by molar-refractivity contribution is 0.262. The minimum Gasteiger partial charge on any atom is -0.494 e. The van der Waals surface area contributed by atoms with E-state index in [-0.39, 0.29) is 4.90 Å². The highest BCUT2D eigenvalue weighted by Crippen LogP contribution is 2.35. The van der Waals surface area contributed by atoms with Crippen LogP contribution in [0.15, 0.2) is 71.6 Å². The van der Waals surface area contributed by atoms with Gasteiger partial charge in [0.25, 0.3) is 9.84 Å². The Morgan fingerprint density at radius 1 is 0.885 bits per heavy atom. The molecule has 5 nitrogen and oxygen atoms in total. The molecule has 3 aromatic carbocycles. The summed E-state index contributed by atoms with van der Waals surface area (Å²) < 4.78 is 30.1. The number of hydrogen-bond acceptors (Lipinski definition) is 4. The quantitative estimate of drug-likeness (QED) is 0.639. The minimum atomic E-state index is -3.90. The normalized spacial score (nSPS) is 15.2. The van der Waals surface area contributed by atoms with Crippen LogP contribution in [-0.4, -0.2) is 26.8 Å². The zero-order chi connectivity index (χ0) is 18.1. The molecule has 0 aromatic heterocycles. The first-order chi connectivity index (χ1) is 12.6. The van der Waals surface area contributed by atoms with Crippen LogP contribution in [-0.2, 0) is 9.84 Å². The summed E-state index contributed by atoms with van der Waals surface area (Å²) in [6.07, 6.45) is 0.530. The van der Waals surface area contributed by atoms with E-state index in [0.29, 0.717) is 25.3 Å². The highest BCUT2D eigenvalue weighted by Gasteiger charge is 2.41. The number of hydrogen-bond donors (Lipinski definition) is 0. The van der Waals surface area contributed by atoms with Crippen LogP contribution in [0.1, 0.15) is 6.42 Å². The van der Waals surface area contributed by atoms with E-state index in [2.05, 4.69) is 0 Å². The highest BCUT2D eigenvalue weighted by atomic mass is 32.2. The molecule has 1 aliphatic heterocycles. The van der Waals surface area contributed by atoms with Crippen LogP contribution in [0.25, 0.3) is 10.8 Å². The molecule has 0 unspecified atom stereocenters. The third-order valence-electron chi connectivity index (χ3n) is 4.41. The predicted molar refractivity (Wildman–Crippen MR) is 100 cm³/mol. The minimum absolute atomic E-state index is 0.0837. The zero-order valence-electron chi connectivity index (χ0n) is 14.0. The van der Waals surface area contributed by atoms with Crippen LogP contribution >= 0.6 is 0 Å². The summed E-state index contributed by atoms with van der Waals surface area (Å²) in [5.41, 5.74) is 0.447. The number of fused-ring (bicyclic) bond motifs is 2. The summed E-state index contributed by atoms with van der Waals surface area (Å²) in [5, 5.41) is 1.38. The van der Waals surface area contributed by atoms with Crippen molar-refractivity contribution in [2.24, 2.45) is 0 Å². The highest BCUT2D eigenvalue weighted by molar-refractivity contribution is 8.07. The number of anilines is 1. The number of sulfone groups is 1. The maximum Gasteiger partial charge on any atom is 0.348 e. The molecule has 0 saturated carbocycles. The van der Waals surface area contributed by atoms with E-state index in [0.717, 1.165) is 16.5 Å². The monoisotopic (exact) mass is 367 g/mol. The Morgan fingerprint density at radius 2 is 1.62 bits per heavy atom. The fourth-order valence-electron chi connectivity index (χ4n) is 3.13. The van der Waals surface area contributed by atoms with E-state index >= 15 is 0 Å². The van der Waals surface area contributed by atoms with Gasteiger partial charge in [0.1, 0.15) is 10.6 Å². The van der Waals surface area contributed by atoms with Gasteiger partial charge in [0, 0.05) is 6.54 Å². The third-order valence-corrected chi connectivity index (χ3v) is 6.02. The fraction of sp³-hybridized carbons (Fsp3) is 0.150. The van der Waals surface area contributed by atoms with Crippen molar-refractivity contribution in [3.63, 3.8) is 0 Å². The summed E-state index contributed by atoms with van der Waals surface area (Å²) in [6.45, 7) is 0.687. The zero-order valence-corrected chi connectivity index (χ0v) is 14.8. The summed E-state index contributed by atoms with van der Waals surface area (Å²) in [6, 6.07) is 20.4. The molecule has 0 radical (unpaired) electrons. The molecule has 6 heteroatoms. The molecule has 0 fully saturated rings.